The molecule has 0 amide bonds. The van der Waals surface area contributed by atoms with Gasteiger partial charge < -0.3 is 0 Å². The average Bonchev–Trinajstić information content (AvgIpc) is 2.01. The molecule has 0 N–H and O–H groups in total. The number of benzene rings is 1. The number of alkyl halides is 2. The lowest BCUT2D eigenvalue weighted by atomic mass is 10.1. The number of rotatable bonds is 2. The molecule has 0 bridgehead atoms. The summed E-state index contributed by atoms with van der Waals surface area (Å²) in [5.74, 6) is 0. The van der Waals surface area contributed by atoms with Crippen LogP contribution in [-0.4, -0.2) is 5.33 Å². The Morgan fingerprint density at radius 1 is 1.25 bits per heavy atom. The largest absolute Gasteiger partial charge is 0.241 e. The summed E-state index contributed by atoms with van der Waals surface area (Å²) < 4.78 is 13.1. The van der Waals surface area contributed by atoms with Gasteiger partial charge in [0.25, 0.3) is 0 Å². The first-order valence-electron chi connectivity index (χ1n) is 3.29. The molecule has 0 heterocycles. The zero-order chi connectivity index (χ0) is 9.14. The Bertz CT molecular complexity index is 258. The first-order chi connectivity index (χ1) is 5.63. The topological polar surface area (TPSA) is 0 Å². The second-order valence-corrected chi connectivity index (χ2v) is 3.84. The summed E-state index contributed by atoms with van der Waals surface area (Å²) in [5.41, 5.74) is 0.504. The summed E-state index contributed by atoms with van der Waals surface area (Å²) >= 11 is 14.4. The van der Waals surface area contributed by atoms with Crippen molar-refractivity contribution in [3.8, 4) is 0 Å². The van der Waals surface area contributed by atoms with E-state index in [0.717, 1.165) is 0 Å². The van der Waals surface area contributed by atoms with Crippen LogP contribution in [0.25, 0.3) is 0 Å². The fourth-order valence-corrected chi connectivity index (χ4v) is 1.76. The maximum absolute atomic E-state index is 13.1. The van der Waals surface area contributed by atoms with Crippen molar-refractivity contribution in [1.29, 1.82) is 0 Å². The van der Waals surface area contributed by atoms with Gasteiger partial charge in [-0.3, -0.25) is 0 Å². The highest BCUT2D eigenvalue weighted by Gasteiger charge is 2.08. The van der Waals surface area contributed by atoms with Crippen LogP contribution in [0, 0.1) is 0 Å². The van der Waals surface area contributed by atoms with Crippen molar-refractivity contribution in [2.24, 2.45) is 0 Å². The Morgan fingerprint density at radius 3 is 2.17 bits per heavy atom. The molecular formula is C8H6BrCl2F. The van der Waals surface area contributed by atoms with Gasteiger partial charge in [-0.2, -0.15) is 0 Å². The number of hydrogen-bond acceptors (Lipinski definition) is 0. The van der Waals surface area contributed by atoms with Gasteiger partial charge in [-0.1, -0.05) is 39.1 Å². The average molecular weight is 272 g/mol. The minimum Gasteiger partial charge on any atom is -0.241 e. The third kappa shape index (κ3) is 2.61. The first-order valence-corrected chi connectivity index (χ1v) is 5.17. The van der Waals surface area contributed by atoms with Crippen LogP contribution in [0.4, 0.5) is 4.39 Å². The van der Waals surface area contributed by atoms with Crippen LogP contribution in [0.1, 0.15) is 11.7 Å². The lowest BCUT2D eigenvalue weighted by Gasteiger charge is -2.05. The van der Waals surface area contributed by atoms with Crippen LogP contribution < -0.4 is 0 Å². The van der Waals surface area contributed by atoms with Gasteiger partial charge in [0.15, 0.2) is 0 Å². The SMILES string of the molecule is FC(CBr)c1cc(Cl)cc(Cl)c1. The molecule has 0 aromatic heterocycles. The second-order valence-electron chi connectivity index (χ2n) is 2.32. The third-order valence-electron chi connectivity index (χ3n) is 1.38. The molecule has 1 rings (SSSR count). The van der Waals surface area contributed by atoms with Crippen LogP contribution in [-0.2, 0) is 0 Å². The van der Waals surface area contributed by atoms with Crippen LogP contribution >= 0.6 is 39.1 Å². The Labute approximate surface area is 88.8 Å². The number of hydrogen-bond donors (Lipinski definition) is 0. The van der Waals surface area contributed by atoms with E-state index in [1.807, 2.05) is 0 Å². The minimum atomic E-state index is -1.05. The molecule has 66 valence electrons. The van der Waals surface area contributed by atoms with E-state index in [9.17, 15) is 4.39 Å². The monoisotopic (exact) mass is 270 g/mol. The van der Waals surface area contributed by atoms with Gasteiger partial charge in [-0.05, 0) is 23.8 Å². The van der Waals surface area contributed by atoms with E-state index in [1.165, 1.54) is 0 Å². The predicted molar refractivity (Wildman–Crippen MR) is 54.1 cm³/mol. The summed E-state index contributed by atoms with van der Waals surface area (Å²) in [6.45, 7) is 0. The molecule has 0 spiro atoms. The normalized spacial score (nSPS) is 13.0. The summed E-state index contributed by atoms with van der Waals surface area (Å²) in [5, 5.41) is 1.17. The van der Waals surface area contributed by atoms with Gasteiger partial charge in [0.1, 0.15) is 6.17 Å². The van der Waals surface area contributed by atoms with E-state index >= 15 is 0 Å². The Morgan fingerprint density at radius 2 is 1.75 bits per heavy atom. The van der Waals surface area contributed by atoms with E-state index in [4.69, 9.17) is 23.2 Å². The molecule has 0 aliphatic heterocycles. The van der Waals surface area contributed by atoms with E-state index < -0.39 is 6.17 Å². The summed E-state index contributed by atoms with van der Waals surface area (Å²) in [6.07, 6.45) is -1.05. The van der Waals surface area contributed by atoms with Crippen molar-refractivity contribution in [2.75, 3.05) is 5.33 Å². The van der Waals surface area contributed by atoms with Crippen molar-refractivity contribution < 1.29 is 4.39 Å². The maximum Gasteiger partial charge on any atom is 0.135 e. The van der Waals surface area contributed by atoms with Gasteiger partial charge in [-0.15, -0.1) is 0 Å². The molecule has 0 radical (unpaired) electrons. The Hall–Kier alpha value is 0.210. The van der Waals surface area contributed by atoms with Gasteiger partial charge in [-0.25, -0.2) is 4.39 Å². The van der Waals surface area contributed by atoms with Gasteiger partial charge >= 0.3 is 0 Å². The Balaban J connectivity index is 3.00. The highest BCUT2D eigenvalue weighted by molar-refractivity contribution is 9.09. The molecule has 1 atom stereocenters. The molecule has 1 aromatic carbocycles. The van der Waals surface area contributed by atoms with Crippen molar-refractivity contribution in [1.82, 2.24) is 0 Å². The molecule has 1 unspecified atom stereocenters. The van der Waals surface area contributed by atoms with Crippen LogP contribution in [0.15, 0.2) is 18.2 Å². The molecule has 0 aliphatic carbocycles. The van der Waals surface area contributed by atoms with Gasteiger partial charge in [0, 0.05) is 15.4 Å². The van der Waals surface area contributed by atoms with E-state index in [1.54, 1.807) is 18.2 Å². The predicted octanol–water partition coefficient (Wildman–Crippen LogP) is 4.40. The molecular weight excluding hydrogens is 266 g/mol. The first kappa shape index (κ1) is 10.3. The quantitative estimate of drug-likeness (QED) is 0.700. The molecule has 4 heteroatoms. The lowest BCUT2D eigenvalue weighted by Crippen LogP contribution is -1.91. The van der Waals surface area contributed by atoms with Crippen molar-refractivity contribution in [3.05, 3.63) is 33.8 Å². The molecule has 12 heavy (non-hydrogen) atoms. The van der Waals surface area contributed by atoms with Gasteiger partial charge in [0.05, 0.1) is 0 Å². The molecule has 0 fully saturated rings. The number of halogens is 4. The third-order valence-corrected chi connectivity index (χ3v) is 2.39. The summed E-state index contributed by atoms with van der Waals surface area (Å²) in [7, 11) is 0. The van der Waals surface area contributed by atoms with E-state index in [2.05, 4.69) is 15.9 Å². The highest BCUT2D eigenvalue weighted by Crippen LogP contribution is 2.26. The molecule has 1 aromatic rings. The van der Waals surface area contributed by atoms with Crippen LogP contribution in [0.5, 0.6) is 0 Å². The zero-order valence-electron chi connectivity index (χ0n) is 6.03. The van der Waals surface area contributed by atoms with E-state index in [-0.39, 0.29) is 5.33 Å². The fraction of sp³-hybridized carbons (Fsp3) is 0.250. The van der Waals surface area contributed by atoms with Crippen LogP contribution in [0.2, 0.25) is 10.0 Å². The van der Waals surface area contributed by atoms with E-state index in [0.29, 0.717) is 15.6 Å². The summed E-state index contributed by atoms with van der Waals surface area (Å²) in [4.78, 5) is 0. The van der Waals surface area contributed by atoms with Gasteiger partial charge in [0.2, 0.25) is 0 Å². The second kappa shape index (κ2) is 4.45. The lowest BCUT2D eigenvalue weighted by molar-refractivity contribution is 0.382. The highest BCUT2D eigenvalue weighted by atomic mass is 79.9. The van der Waals surface area contributed by atoms with Crippen molar-refractivity contribution in [3.63, 3.8) is 0 Å². The molecule has 0 aliphatic rings. The minimum absolute atomic E-state index is 0.254. The zero-order valence-corrected chi connectivity index (χ0v) is 9.13. The Kier molecular flexibility index (Phi) is 3.81. The summed E-state index contributed by atoms with van der Waals surface area (Å²) in [6, 6.07) is 4.71. The fourth-order valence-electron chi connectivity index (χ4n) is 0.845. The van der Waals surface area contributed by atoms with Crippen LogP contribution in [0.3, 0.4) is 0 Å². The maximum atomic E-state index is 13.1. The molecule has 0 saturated carbocycles. The van der Waals surface area contributed by atoms with Crippen molar-refractivity contribution in [2.45, 2.75) is 6.17 Å². The molecule has 0 saturated heterocycles. The van der Waals surface area contributed by atoms with Crippen molar-refractivity contribution >= 4 is 39.1 Å². The molecule has 0 nitrogen and oxygen atoms in total. The standard InChI is InChI=1S/C8H6BrCl2F/c9-4-8(12)5-1-6(10)3-7(11)2-5/h1-3,8H,4H2. The smallest absolute Gasteiger partial charge is 0.135 e.